The summed E-state index contributed by atoms with van der Waals surface area (Å²) in [6, 6.07) is 8.67. The van der Waals surface area contributed by atoms with Crippen molar-refractivity contribution in [3.63, 3.8) is 0 Å². The minimum Gasteiger partial charge on any atom is -0.301 e. The Morgan fingerprint density at radius 2 is 1.00 bits per heavy atom. The van der Waals surface area contributed by atoms with Gasteiger partial charge >= 0.3 is 0 Å². The number of nitrogens with zero attached hydrogens (tertiary/aromatic N) is 2. The van der Waals surface area contributed by atoms with E-state index in [4.69, 9.17) is 46.4 Å². The van der Waals surface area contributed by atoms with Crippen LogP contribution in [0.4, 0.5) is 0 Å². The second kappa shape index (κ2) is 13.4. The van der Waals surface area contributed by atoms with Gasteiger partial charge in [-0.25, -0.2) is 26.3 Å². The van der Waals surface area contributed by atoms with Crippen LogP contribution in [0, 0.1) is 0 Å². The normalized spacial score (nSPS) is 15.9. The Bertz CT molecular complexity index is 1160. The molecule has 14 heteroatoms. The van der Waals surface area contributed by atoms with Crippen molar-refractivity contribution in [3.8, 4) is 0 Å². The van der Waals surface area contributed by atoms with Crippen LogP contribution < -0.4 is 9.44 Å². The Morgan fingerprint density at radius 3 is 1.36 bits per heavy atom. The Kier molecular flexibility index (Phi) is 11.1. The monoisotopic (exact) mass is 616 g/mol. The third-order valence-electron chi connectivity index (χ3n) is 5.72. The summed E-state index contributed by atoms with van der Waals surface area (Å²) >= 11 is 23.8. The maximum absolute atomic E-state index is 12.5. The Balaban J connectivity index is 1.32. The average Bonchev–Trinajstić information content (AvgIpc) is 2.83. The van der Waals surface area contributed by atoms with Crippen molar-refractivity contribution in [2.45, 2.75) is 22.6 Å². The topological polar surface area (TPSA) is 98.8 Å². The van der Waals surface area contributed by atoms with E-state index in [0.717, 1.165) is 39.3 Å². The van der Waals surface area contributed by atoms with Gasteiger partial charge in [0.2, 0.25) is 20.0 Å². The fraction of sp³-hybridized carbons (Fsp3) is 0.455. The lowest BCUT2D eigenvalue weighted by atomic mass is 10.2. The molecule has 0 bridgehead atoms. The van der Waals surface area contributed by atoms with Gasteiger partial charge in [0, 0.05) is 49.3 Å². The summed E-state index contributed by atoms with van der Waals surface area (Å²) in [7, 11) is -7.45. The van der Waals surface area contributed by atoms with Crippen molar-refractivity contribution in [1.29, 1.82) is 0 Å². The molecule has 200 valence electrons. The number of piperazine rings is 1. The van der Waals surface area contributed by atoms with Crippen LogP contribution in [0.1, 0.15) is 12.8 Å². The lowest BCUT2D eigenvalue weighted by Gasteiger charge is -2.34. The largest absolute Gasteiger partial charge is 0.301 e. The van der Waals surface area contributed by atoms with Crippen molar-refractivity contribution in [2.75, 3.05) is 52.4 Å². The molecular weight excluding hydrogens is 590 g/mol. The zero-order valence-electron chi connectivity index (χ0n) is 19.4. The van der Waals surface area contributed by atoms with Gasteiger partial charge in [-0.3, -0.25) is 0 Å². The van der Waals surface area contributed by atoms with Gasteiger partial charge in [-0.2, -0.15) is 0 Å². The van der Waals surface area contributed by atoms with Gasteiger partial charge in [0.05, 0.1) is 10.0 Å². The average molecular weight is 618 g/mol. The second-order valence-corrected chi connectivity index (χ2v) is 13.5. The third-order valence-corrected chi connectivity index (χ3v) is 10.1. The molecule has 2 N–H and O–H groups in total. The first-order valence-corrected chi connectivity index (χ1v) is 15.8. The molecule has 0 saturated carbocycles. The van der Waals surface area contributed by atoms with E-state index in [1.165, 1.54) is 36.4 Å². The zero-order chi connectivity index (χ0) is 26.3. The molecule has 1 aliphatic rings. The molecule has 0 radical (unpaired) electrons. The number of benzene rings is 2. The number of sulfonamides is 2. The molecule has 0 unspecified atom stereocenters. The lowest BCUT2D eigenvalue weighted by Crippen LogP contribution is -2.47. The third kappa shape index (κ3) is 8.69. The van der Waals surface area contributed by atoms with E-state index in [-0.39, 0.29) is 19.8 Å². The molecule has 1 aliphatic heterocycles. The second-order valence-electron chi connectivity index (χ2n) is 8.34. The van der Waals surface area contributed by atoms with Gasteiger partial charge < -0.3 is 9.80 Å². The molecule has 1 saturated heterocycles. The summed E-state index contributed by atoms with van der Waals surface area (Å²) in [6.45, 7) is 5.55. The van der Waals surface area contributed by atoms with Crippen LogP contribution in [0.5, 0.6) is 0 Å². The number of hydrogen-bond donors (Lipinski definition) is 2. The van der Waals surface area contributed by atoms with Crippen LogP contribution in [0.25, 0.3) is 0 Å². The molecular formula is C22H28Cl4N4O4S2. The molecule has 0 spiro atoms. The first-order valence-electron chi connectivity index (χ1n) is 11.3. The van der Waals surface area contributed by atoms with Crippen LogP contribution in [-0.2, 0) is 20.0 Å². The maximum atomic E-state index is 12.5. The highest BCUT2D eigenvalue weighted by Gasteiger charge is 2.21. The molecule has 2 aromatic rings. The fourth-order valence-corrected chi connectivity index (χ4v) is 7.45. The molecule has 0 aromatic heterocycles. The number of hydrogen-bond acceptors (Lipinski definition) is 6. The van der Waals surface area contributed by atoms with Gasteiger partial charge in [0.15, 0.2) is 0 Å². The highest BCUT2D eigenvalue weighted by atomic mass is 35.5. The van der Waals surface area contributed by atoms with E-state index in [9.17, 15) is 16.8 Å². The van der Waals surface area contributed by atoms with Crippen LogP contribution in [0.15, 0.2) is 46.2 Å². The molecule has 8 nitrogen and oxygen atoms in total. The van der Waals surface area contributed by atoms with E-state index in [2.05, 4.69) is 19.2 Å². The van der Waals surface area contributed by atoms with E-state index < -0.39 is 20.0 Å². The van der Waals surface area contributed by atoms with Crippen molar-refractivity contribution in [2.24, 2.45) is 0 Å². The summed E-state index contributed by atoms with van der Waals surface area (Å²) in [6.07, 6.45) is 1.32. The molecule has 36 heavy (non-hydrogen) atoms. The molecule has 1 heterocycles. The van der Waals surface area contributed by atoms with Crippen molar-refractivity contribution in [3.05, 3.63) is 56.5 Å². The lowest BCUT2D eigenvalue weighted by molar-refractivity contribution is 0.131. The summed E-state index contributed by atoms with van der Waals surface area (Å²) in [5, 5.41) is 0.870. The van der Waals surface area contributed by atoms with E-state index in [1.807, 2.05) is 0 Å². The van der Waals surface area contributed by atoms with Gasteiger partial charge in [-0.1, -0.05) is 46.4 Å². The first kappa shape index (κ1) is 29.9. The number of rotatable bonds is 12. The quantitative estimate of drug-likeness (QED) is 0.350. The fourth-order valence-electron chi connectivity index (χ4n) is 3.78. The standard InChI is InChI=1S/C22H28Cl4N4O4S2/c23-17-3-5-19(25)21(15-17)35(31,32)27-7-1-9-29-11-13-30(14-12-29)10-2-8-28-36(33,34)22-16-18(24)4-6-20(22)26/h3-6,15-16,27-28H,1-2,7-14H2. The predicted molar refractivity (Wildman–Crippen MR) is 145 cm³/mol. The molecule has 0 atom stereocenters. The van der Waals surface area contributed by atoms with Crippen molar-refractivity contribution >= 4 is 66.5 Å². The van der Waals surface area contributed by atoms with Crippen molar-refractivity contribution in [1.82, 2.24) is 19.2 Å². The highest BCUT2D eigenvalue weighted by molar-refractivity contribution is 7.90. The zero-order valence-corrected chi connectivity index (χ0v) is 24.0. The molecule has 3 rings (SSSR count). The summed E-state index contributed by atoms with van der Waals surface area (Å²) in [4.78, 5) is 4.51. The van der Waals surface area contributed by atoms with Crippen LogP contribution in [-0.4, -0.2) is 79.0 Å². The maximum Gasteiger partial charge on any atom is 0.242 e. The van der Waals surface area contributed by atoms with Gasteiger partial charge in [0.25, 0.3) is 0 Å². The van der Waals surface area contributed by atoms with Crippen molar-refractivity contribution < 1.29 is 16.8 Å². The summed E-state index contributed by atoms with van der Waals surface area (Å²) in [5.74, 6) is 0. The molecule has 2 aromatic carbocycles. The molecule has 0 amide bonds. The molecule has 0 aliphatic carbocycles. The van der Waals surface area contributed by atoms with E-state index in [1.54, 1.807) is 0 Å². The Morgan fingerprint density at radius 1 is 0.639 bits per heavy atom. The minimum absolute atomic E-state index is 0.0248. The summed E-state index contributed by atoms with van der Waals surface area (Å²) < 4.78 is 55.0. The highest BCUT2D eigenvalue weighted by Crippen LogP contribution is 2.25. The summed E-state index contributed by atoms with van der Waals surface area (Å²) in [5.41, 5.74) is 0. The number of nitrogens with one attached hydrogen (secondary N) is 2. The van der Waals surface area contributed by atoms with E-state index >= 15 is 0 Å². The van der Waals surface area contributed by atoms with Crippen LogP contribution in [0.3, 0.4) is 0 Å². The SMILES string of the molecule is O=S(=O)(NCCCN1CCN(CCCNS(=O)(=O)c2cc(Cl)ccc2Cl)CC1)c1cc(Cl)ccc1Cl. The van der Waals surface area contributed by atoms with Crippen LogP contribution >= 0.6 is 46.4 Å². The first-order chi connectivity index (χ1) is 17.0. The van der Waals surface area contributed by atoms with Crippen LogP contribution in [0.2, 0.25) is 20.1 Å². The van der Waals surface area contributed by atoms with Gasteiger partial charge in [-0.15, -0.1) is 0 Å². The van der Waals surface area contributed by atoms with E-state index in [0.29, 0.717) is 36.0 Å². The van der Waals surface area contributed by atoms with Gasteiger partial charge in [0.1, 0.15) is 9.79 Å². The Hall–Kier alpha value is -0.660. The minimum atomic E-state index is -3.73. The molecule has 1 fully saturated rings. The van der Waals surface area contributed by atoms with Gasteiger partial charge in [-0.05, 0) is 62.3 Å². The smallest absolute Gasteiger partial charge is 0.242 e. The predicted octanol–water partition coefficient (Wildman–Crippen LogP) is 3.95. The number of halogens is 4. The Labute approximate surface area is 232 Å².